The van der Waals surface area contributed by atoms with Gasteiger partial charge in [0.25, 0.3) is 0 Å². The summed E-state index contributed by atoms with van der Waals surface area (Å²) in [5, 5.41) is 0. The molecule has 1 rings (SSSR count). The van der Waals surface area contributed by atoms with Crippen LogP contribution in [-0.2, 0) is 17.8 Å². The number of benzene rings is 1. The quantitative estimate of drug-likeness (QED) is 0.805. The molecule has 0 aliphatic rings. The Morgan fingerprint density at radius 3 is 2.53 bits per heavy atom. The Labute approximate surface area is 89.0 Å². The Hall–Kier alpha value is -1.13. The van der Waals surface area contributed by atoms with Gasteiger partial charge in [0.2, 0.25) is 0 Å². The maximum absolute atomic E-state index is 13.5. The van der Waals surface area contributed by atoms with Gasteiger partial charge < -0.3 is 15.2 Å². The molecule has 1 aromatic rings. The van der Waals surface area contributed by atoms with E-state index >= 15 is 0 Å². The minimum Gasteiger partial charge on any atom is -0.496 e. The highest BCUT2D eigenvalue weighted by Gasteiger charge is 2.09. The van der Waals surface area contributed by atoms with Gasteiger partial charge >= 0.3 is 0 Å². The van der Waals surface area contributed by atoms with E-state index < -0.39 is 0 Å². The molecule has 0 bridgehead atoms. The number of rotatable bonds is 5. The molecule has 0 saturated heterocycles. The van der Waals surface area contributed by atoms with E-state index in [1.165, 1.54) is 13.2 Å². The highest BCUT2D eigenvalue weighted by Crippen LogP contribution is 2.23. The minimum atomic E-state index is -0.280. The summed E-state index contributed by atoms with van der Waals surface area (Å²) in [6.07, 6.45) is 0.520. The smallest absolute Gasteiger partial charge is 0.130 e. The average molecular weight is 213 g/mol. The molecule has 0 amide bonds. The fourth-order valence-corrected chi connectivity index (χ4v) is 1.46. The Bertz CT molecular complexity index is 329. The van der Waals surface area contributed by atoms with Crippen LogP contribution in [0.3, 0.4) is 0 Å². The molecule has 0 unspecified atom stereocenters. The van der Waals surface area contributed by atoms with E-state index in [-0.39, 0.29) is 5.82 Å². The van der Waals surface area contributed by atoms with Crippen LogP contribution in [0, 0.1) is 5.82 Å². The van der Waals surface area contributed by atoms with Crippen molar-refractivity contribution >= 4 is 0 Å². The highest BCUT2D eigenvalue weighted by molar-refractivity contribution is 5.38. The largest absolute Gasteiger partial charge is 0.496 e. The van der Waals surface area contributed by atoms with Gasteiger partial charge in [-0.3, -0.25) is 0 Å². The number of hydrogen-bond donors (Lipinski definition) is 1. The maximum Gasteiger partial charge on any atom is 0.130 e. The number of methoxy groups -OCH3 is 2. The highest BCUT2D eigenvalue weighted by atomic mass is 19.1. The normalized spacial score (nSPS) is 10.4. The molecule has 0 heterocycles. The van der Waals surface area contributed by atoms with Crippen molar-refractivity contribution in [3.63, 3.8) is 0 Å². The van der Waals surface area contributed by atoms with Gasteiger partial charge in [0.15, 0.2) is 0 Å². The van der Waals surface area contributed by atoms with Crippen LogP contribution >= 0.6 is 0 Å². The maximum atomic E-state index is 13.5. The van der Waals surface area contributed by atoms with E-state index in [2.05, 4.69) is 0 Å². The molecule has 2 N–H and O–H groups in total. The second-order valence-corrected chi connectivity index (χ2v) is 3.23. The summed E-state index contributed by atoms with van der Waals surface area (Å²) < 4.78 is 23.5. The van der Waals surface area contributed by atoms with E-state index in [4.69, 9.17) is 15.2 Å². The van der Waals surface area contributed by atoms with Gasteiger partial charge in [0, 0.05) is 18.7 Å². The first-order chi connectivity index (χ1) is 7.22. The molecule has 0 saturated carbocycles. The standard InChI is InChI=1S/C11H16FNO2/c1-14-7-9-5-8(3-4-13)10(12)6-11(9)15-2/h5-6H,3-4,7,13H2,1-2H3. The number of nitrogens with two attached hydrogens (primary N) is 1. The van der Waals surface area contributed by atoms with Gasteiger partial charge in [-0.05, 0) is 24.6 Å². The SMILES string of the molecule is COCc1cc(CCN)c(F)cc1OC. The van der Waals surface area contributed by atoms with E-state index in [1.54, 1.807) is 13.2 Å². The van der Waals surface area contributed by atoms with E-state index in [1.807, 2.05) is 0 Å². The number of halogens is 1. The summed E-state index contributed by atoms with van der Waals surface area (Å²) in [7, 11) is 3.10. The van der Waals surface area contributed by atoms with Crippen LogP contribution in [-0.4, -0.2) is 20.8 Å². The lowest BCUT2D eigenvalue weighted by Gasteiger charge is -2.10. The van der Waals surface area contributed by atoms with E-state index in [0.29, 0.717) is 30.9 Å². The lowest BCUT2D eigenvalue weighted by Crippen LogP contribution is -2.06. The molecule has 15 heavy (non-hydrogen) atoms. The van der Waals surface area contributed by atoms with Crippen LogP contribution in [0.25, 0.3) is 0 Å². The molecule has 0 aliphatic heterocycles. The van der Waals surface area contributed by atoms with E-state index in [0.717, 1.165) is 5.56 Å². The zero-order valence-electron chi connectivity index (χ0n) is 9.05. The minimum absolute atomic E-state index is 0.280. The summed E-state index contributed by atoms with van der Waals surface area (Å²) in [6.45, 7) is 0.830. The third-order valence-electron chi connectivity index (χ3n) is 2.16. The number of ether oxygens (including phenoxy) is 2. The first kappa shape index (κ1) is 11.9. The fourth-order valence-electron chi connectivity index (χ4n) is 1.46. The summed E-state index contributed by atoms with van der Waals surface area (Å²) in [6, 6.07) is 3.11. The summed E-state index contributed by atoms with van der Waals surface area (Å²) in [5.41, 5.74) is 6.83. The van der Waals surface area contributed by atoms with Gasteiger partial charge in [0.05, 0.1) is 13.7 Å². The Morgan fingerprint density at radius 2 is 2.00 bits per heavy atom. The van der Waals surface area contributed by atoms with Gasteiger partial charge in [0.1, 0.15) is 11.6 Å². The summed E-state index contributed by atoms with van der Waals surface area (Å²) in [5.74, 6) is 0.229. The van der Waals surface area contributed by atoms with Crippen LogP contribution in [0.4, 0.5) is 4.39 Å². The molecule has 3 nitrogen and oxygen atoms in total. The van der Waals surface area contributed by atoms with Crippen molar-refractivity contribution < 1.29 is 13.9 Å². The molecule has 1 aromatic carbocycles. The van der Waals surface area contributed by atoms with Crippen molar-refractivity contribution in [1.82, 2.24) is 0 Å². The molecular weight excluding hydrogens is 197 g/mol. The second kappa shape index (κ2) is 5.68. The Kier molecular flexibility index (Phi) is 4.52. The molecule has 84 valence electrons. The van der Waals surface area contributed by atoms with Gasteiger partial charge in [-0.15, -0.1) is 0 Å². The predicted octanol–water partition coefficient (Wildman–Crippen LogP) is 1.48. The summed E-state index contributed by atoms with van der Waals surface area (Å²) in [4.78, 5) is 0. The van der Waals surface area contributed by atoms with Crippen LogP contribution in [0.2, 0.25) is 0 Å². The Balaban J connectivity index is 3.05. The van der Waals surface area contributed by atoms with Crippen molar-refractivity contribution in [3.8, 4) is 5.75 Å². The van der Waals surface area contributed by atoms with Crippen LogP contribution in [0.15, 0.2) is 12.1 Å². The van der Waals surface area contributed by atoms with Gasteiger partial charge in [-0.2, -0.15) is 0 Å². The fraction of sp³-hybridized carbons (Fsp3) is 0.455. The first-order valence-corrected chi connectivity index (χ1v) is 4.77. The van der Waals surface area contributed by atoms with Crippen molar-refractivity contribution in [2.75, 3.05) is 20.8 Å². The molecule has 4 heteroatoms. The lowest BCUT2D eigenvalue weighted by molar-refractivity contribution is 0.181. The first-order valence-electron chi connectivity index (χ1n) is 4.77. The third-order valence-corrected chi connectivity index (χ3v) is 2.16. The van der Waals surface area contributed by atoms with Crippen molar-refractivity contribution in [1.29, 1.82) is 0 Å². The van der Waals surface area contributed by atoms with Crippen molar-refractivity contribution in [2.24, 2.45) is 5.73 Å². The predicted molar refractivity (Wildman–Crippen MR) is 56.4 cm³/mol. The van der Waals surface area contributed by atoms with Crippen molar-refractivity contribution in [3.05, 3.63) is 29.1 Å². The van der Waals surface area contributed by atoms with Gasteiger partial charge in [-0.25, -0.2) is 4.39 Å². The van der Waals surface area contributed by atoms with Crippen molar-refractivity contribution in [2.45, 2.75) is 13.0 Å². The second-order valence-electron chi connectivity index (χ2n) is 3.23. The molecule has 0 aliphatic carbocycles. The monoisotopic (exact) mass is 213 g/mol. The molecule has 0 atom stereocenters. The third kappa shape index (κ3) is 2.91. The van der Waals surface area contributed by atoms with Crippen LogP contribution < -0.4 is 10.5 Å². The zero-order valence-corrected chi connectivity index (χ0v) is 9.05. The molecule has 0 radical (unpaired) electrons. The molecule has 0 aromatic heterocycles. The Morgan fingerprint density at radius 1 is 1.27 bits per heavy atom. The zero-order chi connectivity index (χ0) is 11.3. The molecule has 0 spiro atoms. The topological polar surface area (TPSA) is 44.5 Å². The van der Waals surface area contributed by atoms with Gasteiger partial charge in [-0.1, -0.05) is 0 Å². The molecule has 0 fully saturated rings. The average Bonchev–Trinajstić information content (AvgIpc) is 2.23. The van der Waals surface area contributed by atoms with Crippen LogP contribution in [0.5, 0.6) is 5.75 Å². The molecular formula is C11H16FNO2. The van der Waals surface area contributed by atoms with E-state index in [9.17, 15) is 4.39 Å². The summed E-state index contributed by atoms with van der Waals surface area (Å²) >= 11 is 0. The van der Waals surface area contributed by atoms with Crippen LogP contribution in [0.1, 0.15) is 11.1 Å². The lowest BCUT2D eigenvalue weighted by atomic mass is 10.1. The number of hydrogen-bond acceptors (Lipinski definition) is 3.